The largest absolute Gasteiger partial charge is 0.373 e. The number of morpholine rings is 1. The topological polar surface area (TPSA) is 55.3 Å². The van der Waals surface area contributed by atoms with Crippen LogP contribution in [0.15, 0.2) is 30.6 Å². The Kier molecular flexibility index (Phi) is 4.03. The van der Waals surface area contributed by atoms with Gasteiger partial charge in [-0.1, -0.05) is 0 Å². The van der Waals surface area contributed by atoms with Crippen molar-refractivity contribution in [2.45, 2.75) is 19.1 Å². The maximum atomic E-state index is 12.7. The lowest BCUT2D eigenvalue weighted by molar-refractivity contribution is -0.0371. The summed E-state index contributed by atoms with van der Waals surface area (Å²) < 4.78 is 5.58. The van der Waals surface area contributed by atoms with Gasteiger partial charge in [-0.2, -0.15) is 0 Å². The van der Waals surface area contributed by atoms with Crippen molar-refractivity contribution in [1.29, 1.82) is 0 Å². The number of ether oxygens (including phenoxy) is 1. The number of benzene rings is 1. The summed E-state index contributed by atoms with van der Waals surface area (Å²) in [6.45, 7) is 3.00. The molecule has 21 heavy (non-hydrogen) atoms. The number of halogens is 1. The predicted molar refractivity (Wildman–Crippen MR) is 80.5 cm³/mol. The fraction of sp³-hybridized carbons (Fsp3) is 0.400. The standard InChI is InChI=1S/C15H16ClN3O2/c1-10-9-21-12(7-16)8-19(10)15(20)11-2-3-13-14(6-11)18-5-4-17-13/h2-6,10,12H,7-9H2,1H3. The summed E-state index contributed by atoms with van der Waals surface area (Å²) in [7, 11) is 0. The monoisotopic (exact) mass is 305 g/mol. The number of hydrogen-bond donors (Lipinski definition) is 0. The molecule has 1 fully saturated rings. The van der Waals surface area contributed by atoms with Gasteiger partial charge in [0.15, 0.2) is 0 Å². The summed E-state index contributed by atoms with van der Waals surface area (Å²) in [5.74, 6) is 0.369. The summed E-state index contributed by atoms with van der Waals surface area (Å²) in [5.41, 5.74) is 2.12. The molecule has 0 N–H and O–H groups in total. The molecule has 0 bridgehead atoms. The Bertz CT molecular complexity index is 664. The Labute approximate surface area is 127 Å². The minimum absolute atomic E-state index is 0.0199. The van der Waals surface area contributed by atoms with E-state index < -0.39 is 0 Å². The van der Waals surface area contributed by atoms with Crippen LogP contribution < -0.4 is 0 Å². The number of fused-ring (bicyclic) bond motifs is 1. The summed E-state index contributed by atoms with van der Waals surface area (Å²) in [5, 5.41) is 0. The predicted octanol–water partition coefficient (Wildman–Crippen LogP) is 2.10. The van der Waals surface area contributed by atoms with E-state index in [-0.39, 0.29) is 18.1 Å². The molecule has 2 atom stereocenters. The number of carbonyl (C=O) groups excluding carboxylic acids is 1. The molecule has 1 aromatic heterocycles. The highest BCUT2D eigenvalue weighted by atomic mass is 35.5. The average Bonchev–Trinajstić information content (AvgIpc) is 2.54. The lowest BCUT2D eigenvalue weighted by Crippen LogP contribution is -2.51. The number of carbonyl (C=O) groups is 1. The van der Waals surface area contributed by atoms with Gasteiger partial charge in [0.1, 0.15) is 0 Å². The Morgan fingerprint density at radius 2 is 2.14 bits per heavy atom. The zero-order chi connectivity index (χ0) is 14.8. The molecule has 1 aromatic carbocycles. The molecule has 1 aliphatic heterocycles. The summed E-state index contributed by atoms with van der Waals surface area (Å²) in [6.07, 6.45) is 3.16. The minimum Gasteiger partial charge on any atom is -0.373 e. The number of amides is 1. The zero-order valence-electron chi connectivity index (χ0n) is 11.7. The molecule has 2 aromatic rings. The molecule has 1 amide bonds. The number of nitrogens with zero attached hydrogens (tertiary/aromatic N) is 3. The second kappa shape index (κ2) is 5.95. The molecule has 110 valence electrons. The molecule has 2 unspecified atom stereocenters. The average molecular weight is 306 g/mol. The molecule has 6 heteroatoms. The molecule has 0 saturated carbocycles. The number of hydrogen-bond acceptors (Lipinski definition) is 4. The van der Waals surface area contributed by atoms with Crippen molar-refractivity contribution < 1.29 is 9.53 Å². The first-order valence-electron chi connectivity index (χ1n) is 6.88. The van der Waals surface area contributed by atoms with E-state index in [9.17, 15) is 4.79 Å². The van der Waals surface area contributed by atoms with Crippen LogP contribution in [0.4, 0.5) is 0 Å². The van der Waals surface area contributed by atoms with Crippen molar-refractivity contribution in [3.8, 4) is 0 Å². The summed E-state index contributed by atoms with van der Waals surface area (Å²) >= 11 is 5.84. The number of aromatic nitrogens is 2. The minimum atomic E-state index is -0.105. The quantitative estimate of drug-likeness (QED) is 0.797. The first-order valence-corrected chi connectivity index (χ1v) is 7.42. The summed E-state index contributed by atoms with van der Waals surface area (Å²) in [6, 6.07) is 5.42. The molecule has 2 heterocycles. The first-order chi connectivity index (χ1) is 10.2. The van der Waals surface area contributed by atoms with E-state index in [1.54, 1.807) is 24.5 Å². The molecule has 0 spiro atoms. The maximum Gasteiger partial charge on any atom is 0.254 e. The van der Waals surface area contributed by atoms with Crippen molar-refractivity contribution in [2.75, 3.05) is 19.0 Å². The lowest BCUT2D eigenvalue weighted by Gasteiger charge is -2.37. The molecule has 1 aliphatic rings. The Balaban J connectivity index is 1.88. The van der Waals surface area contributed by atoms with E-state index in [1.165, 1.54) is 0 Å². The highest BCUT2D eigenvalue weighted by Gasteiger charge is 2.29. The highest BCUT2D eigenvalue weighted by Crippen LogP contribution is 2.18. The zero-order valence-corrected chi connectivity index (χ0v) is 12.5. The van der Waals surface area contributed by atoms with E-state index in [4.69, 9.17) is 16.3 Å². The highest BCUT2D eigenvalue weighted by molar-refractivity contribution is 6.18. The van der Waals surface area contributed by atoms with Crippen molar-refractivity contribution in [3.05, 3.63) is 36.2 Å². The van der Waals surface area contributed by atoms with E-state index in [2.05, 4.69) is 9.97 Å². The van der Waals surface area contributed by atoms with Gasteiger partial charge in [-0.15, -0.1) is 11.6 Å². The Morgan fingerprint density at radius 3 is 2.90 bits per heavy atom. The van der Waals surface area contributed by atoms with E-state index in [1.807, 2.05) is 17.9 Å². The van der Waals surface area contributed by atoms with Gasteiger partial charge in [-0.05, 0) is 25.1 Å². The number of alkyl halides is 1. The Hall–Kier alpha value is -1.72. The Morgan fingerprint density at radius 1 is 1.38 bits per heavy atom. The van der Waals surface area contributed by atoms with Crippen molar-refractivity contribution in [3.63, 3.8) is 0 Å². The second-order valence-electron chi connectivity index (χ2n) is 5.18. The molecule has 5 nitrogen and oxygen atoms in total. The van der Waals surface area contributed by atoms with Crippen LogP contribution >= 0.6 is 11.6 Å². The third kappa shape index (κ3) is 2.84. The van der Waals surface area contributed by atoms with Crippen LogP contribution in [-0.2, 0) is 4.74 Å². The van der Waals surface area contributed by atoms with Gasteiger partial charge >= 0.3 is 0 Å². The molecule has 0 radical (unpaired) electrons. The first kappa shape index (κ1) is 14.2. The molecular formula is C15H16ClN3O2. The SMILES string of the molecule is CC1COC(CCl)CN1C(=O)c1ccc2nccnc2c1. The van der Waals surface area contributed by atoms with Gasteiger partial charge in [-0.3, -0.25) is 14.8 Å². The maximum absolute atomic E-state index is 12.7. The van der Waals surface area contributed by atoms with Gasteiger partial charge in [0.25, 0.3) is 5.91 Å². The normalized spacial score (nSPS) is 22.5. The van der Waals surface area contributed by atoms with Crippen LogP contribution in [0.5, 0.6) is 0 Å². The van der Waals surface area contributed by atoms with E-state index in [0.29, 0.717) is 24.6 Å². The van der Waals surface area contributed by atoms with Crippen molar-refractivity contribution in [1.82, 2.24) is 14.9 Å². The molecule has 1 saturated heterocycles. The van der Waals surface area contributed by atoms with Gasteiger partial charge < -0.3 is 9.64 Å². The molecule has 0 aliphatic carbocycles. The lowest BCUT2D eigenvalue weighted by atomic mass is 10.1. The smallest absolute Gasteiger partial charge is 0.254 e. The van der Waals surface area contributed by atoms with Gasteiger partial charge in [0.2, 0.25) is 0 Å². The van der Waals surface area contributed by atoms with Crippen LogP contribution in [0.3, 0.4) is 0 Å². The third-order valence-electron chi connectivity index (χ3n) is 3.65. The van der Waals surface area contributed by atoms with Crippen LogP contribution in [0.1, 0.15) is 17.3 Å². The molecule has 3 rings (SSSR count). The van der Waals surface area contributed by atoms with Gasteiger partial charge in [-0.25, -0.2) is 0 Å². The third-order valence-corrected chi connectivity index (χ3v) is 4.00. The van der Waals surface area contributed by atoms with E-state index >= 15 is 0 Å². The van der Waals surface area contributed by atoms with Crippen LogP contribution in [0, 0.1) is 0 Å². The van der Waals surface area contributed by atoms with E-state index in [0.717, 1.165) is 11.0 Å². The van der Waals surface area contributed by atoms with Crippen LogP contribution in [0.25, 0.3) is 11.0 Å². The summed E-state index contributed by atoms with van der Waals surface area (Å²) in [4.78, 5) is 23.0. The van der Waals surface area contributed by atoms with Crippen LogP contribution in [0.2, 0.25) is 0 Å². The van der Waals surface area contributed by atoms with Gasteiger partial charge in [0.05, 0.1) is 35.7 Å². The number of rotatable bonds is 2. The van der Waals surface area contributed by atoms with Crippen molar-refractivity contribution in [2.24, 2.45) is 0 Å². The van der Waals surface area contributed by atoms with Gasteiger partial charge in [0, 0.05) is 24.5 Å². The van der Waals surface area contributed by atoms with Crippen LogP contribution in [-0.4, -0.2) is 52.0 Å². The fourth-order valence-electron chi connectivity index (χ4n) is 2.46. The second-order valence-corrected chi connectivity index (χ2v) is 5.48. The van der Waals surface area contributed by atoms with Crippen molar-refractivity contribution >= 4 is 28.5 Å². The fourth-order valence-corrected chi connectivity index (χ4v) is 2.64. The molecular weight excluding hydrogens is 290 g/mol.